The third-order valence-corrected chi connectivity index (χ3v) is 2.72. The molecule has 4 nitrogen and oxygen atoms in total. The number of pyridine rings is 1. The monoisotopic (exact) mass is 217 g/mol. The lowest BCUT2D eigenvalue weighted by Crippen LogP contribution is -2.15. The van der Waals surface area contributed by atoms with Crippen molar-refractivity contribution in [1.29, 1.82) is 0 Å². The van der Waals surface area contributed by atoms with Gasteiger partial charge in [-0.3, -0.25) is 9.20 Å². The summed E-state index contributed by atoms with van der Waals surface area (Å²) in [6, 6.07) is 3.94. The highest BCUT2D eigenvalue weighted by atomic mass is 16.1. The van der Waals surface area contributed by atoms with E-state index >= 15 is 0 Å². The summed E-state index contributed by atoms with van der Waals surface area (Å²) in [4.78, 5) is 15.6. The minimum Gasteiger partial charge on any atom is -0.364 e. The Labute approximate surface area is 94.1 Å². The van der Waals surface area contributed by atoms with E-state index in [1.165, 1.54) is 0 Å². The van der Waals surface area contributed by atoms with E-state index in [0.717, 1.165) is 11.2 Å². The summed E-state index contributed by atoms with van der Waals surface area (Å²) >= 11 is 0. The molecule has 1 amide bonds. The summed E-state index contributed by atoms with van der Waals surface area (Å²) in [5.74, 6) is -0.0289. The van der Waals surface area contributed by atoms with Crippen molar-refractivity contribution in [3.8, 4) is 0 Å². The Bertz CT molecular complexity index is 555. The largest absolute Gasteiger partial charge is 0.364 e. The van der Waals surface area contributed by atoms with Crippen LogP contribution < -0.4 is 5.73 Å². The number of aryl methyl sites for hydroxylation is 1. The predicted octanol–water partition coefficient (Wildman–Crippen LogP) is 1.87. The Morgan fingerprint density at radius 2 is 2.12 bits per heavy atom. The number of rotatable bonds is 2. The third kappa shape index (κ3) is 1.56. The minimum absolute atomic E-state index is 0.410. The first kappa shape index (κ1) is 10.7. The lowest BCUT2D eigenvalue weighted by Gasteiger charge is -2.06. The van der Waals surface area contributed by atoms with E-state index in [-0.39, 0.29) is 0 Å². The molecule has 4 heteroatoms. The zero-order valence-electron chi connectivity index (χ0n) is 9.69. The van der Waals surface area contributed by atoms with Crippen LogP contribution in [-0.4, -0.2) is 15.3 Å². The number of amides is 1. The molecule has 0 fully saturated rings. The van der Waals surface area contributed by atoms with Gasteiger partial charge in [-0.1, -0.05) is 19.9 Å². The summed E-state index contributed by atoms with van der Waals surface area (Å²) in [5, 5.41) is 0. The average molecular weight is 217 g/mol. The molecule has 0 atom stereocenters. The number of nitrogens with two attached hydrogens (primary N) is 1. The quantitative estimate of drug-likeness (QED) is 0.834. The van der Waals surface area contributed by atoms with Gasteiger partial charge < -0.3 is 5.73 Å². The molecular weight excluding hydrogens is 202 g/mol. The van der Waals surface area contributed by atoms with E-state index in [9.17, 15) is 4.79 Å². The van der Waals surface area contributed by atoms with Crippen LogP contribution in [0.25, 0.3) is 5.65 Å². The second-order valence-electron chi connectivity index (χ2n) is 4.26. The van der Waals surface area contributed by atoms with Crippen LogP contribution in [0.4, 0.5) is 0 Å². The zero-order valence-corrected chi connectivity index (χ0v) is 9.69. The van der Waals surface area contributed by atoms with E-state index < -0.39 is 5.91 Å². The van der Waals surface area contributed by atoms with E-state index in [2.05, 4.69) is 18.8 Å². The molecule has 0 aromatic carbocycles. The molecule has 2 rings (SSSR count). The maximum absolute atomic E-state index is 11.3. The van der Waals surface area contributed by atoms with Crippen LogP contribution in [0.15, 0.2) is 18.3 Å². The first-order chi connectivity index (χ1) is 7.50. The van der Waals surface area contributed by atoms with Gasteiger partial charge in [0.15, 0.2) is 0 Å². The van der Waals surface area contributed by atoms with Gasteiger partial charge >= 0.3 is 0 Å². The molecule has 0 aliphatic heterocycles. The van der Waals surface area contributed by atoms with Crippen molar-refractivity contribution in [2.24, 2.45) is 5.73 Å². The molecule has 84 valence electrons. The fraction of sp³-hybridized carbons (Fsp3) is 0.333. The minimum atomic E-state index is -0.439. The first-order valence-corrected chi connectivity index (χ1v) is 5.29. The normalized spacial score (nSPS) is 11.2. The van der Waals surface area contributed by atoms with Crippen molar-refractivity contribution < 1.29 is 4.79 Å². The van der Waals surface area contributed by atoms with Gasteiger partial charge in [-0.2, -0.15) is 0 Å². The molecule has 0 spiro atoms. The number of hydrogen-bond acceptors (Lipinski definition) is 2. The van der Waals surface area contributed by atoms with Gasteiger partial charge in [0.05, 0.1) is 5.69 Å². The van der Waals surface area contributed by atoms with Gasteiger partial charge in [-0.05, 0) is 24.5 Å². The summed E-state index contributed by atoms with van der Waals surface area (Å²) in [6.07, 6.45) is 1.93. The summed E-state index contributed by atoms with van der Waals surface area (Å²) in [5.41, 5.74) is 8.42. The van der Waals surface area contributed by atoms with Gasteiger partial charge in [0, 0.05) is 6.20 Å². The fourth-order valence-corrected chi connectivity index (χ4v) is 1.82. The van der Waals surface area contributed by atoms with Crippen LogP contribution >= 0.6 is 0 Å². The summed E-state index contributed by atoms with van der Waals surface area (Å²) in [6.45, 7) is 6.01. The van der Waals surface area contributed by atoms with Gasteiger partial charge in [0.25, 0.3) is 5.91 Å². The second-order valence-corrected chi connectivity index (χ2v) is 4.26. The van der Waals surface area contributed by atoms with Crippen LogP contribution in [0, 0.1) is 6.92 Å². The number of nitrogens with zero attached hydrogens (tertiary/aromatic N) is 2. The summed E-state index contributed by atoms with van der Waals surface area (Å²) < 4.78 is 1.77. The SMILES string of the molecule is Cc1nc2ccc(C(C)C)cn2c1C(N)=O. The van der Waals surface area contributed by atoms with Crippen molar-refractivity contribution in [2.75, 3.05) is 0 Å². The topological polar surface area (TPSA) is 60.4 Å². The van der Waals surface area contributed by atoms with Crippen molar-refractivity contribution >= 4 is 11.6 Å². The van der Waals surface area contributed by atoms with E-state index in [4.69, 9.17) is 5.73 Å². The Hall–Kier alpha value is -1.84. The van der Waals surface area contributed by atoms with Crippen LogP contribution in [0.3, 0.4) is 0 Å². The molecular formula is C12H15N3O. The van der Waals surface area contributed by atoms with Crippen LogP contribution in [0.2, 0.25) is 0 Å². The molecule has 0 saturated heterocycles. The van der Waals surface area contributed by atoms with Gasteiger partial charge in [0.2, 0.25) is 0 Å². The lowest BCUT2D eigenvalue weighted by atomic mass is 10.1. The molecule has 0 aliphatic carbocycles. The highest BCUT2D eigenvalue weighted by Gasteiger charge is 2.14. The highest BCUT2D eigenvalue weighted by molar-refractivity contribution is 5.93. The first-order valence-electron chi connectivity index (χ1n) is 5.29. The lowest BCUT2D eigenvalue weighted by molar-refractivity contribution is 0.0994. The molecule has 2 heterocycles. The number of imidazole rings is 1. The standard InChI is InChI=1S/C12H15N3O/c1-7(2)9-4-5-10-14-8(3)11(12(13)16)15(10)6-9/h4-7H,1-3H3,(H2,13,16). The number of hydrogen-bond donors (Lipinski definition) is 1. The fourth-order valence-electron chi connectivity index (χ4n) is 1.82. The van der Waals surface area contributed by atoms with Crippen LogP contribution in [0.1, 0.15) is 41.5 Å². The maximum atomic E-state index is 11.3. The molecule has 0 aliphatic rings. The van der Waals surface area contributed by atoms with E-state index in [1.807, 2.05) is 18.3 Å². The number of primary amides is 1. The average Bonchev–Trinajstić information content (AvgIpc) is 2.51. The molecule has 0 bridgehead atoms. The van der Waals surface area contributed by atoms with Gasteiger partial charge in [-0.15, -0.1) is 0 Å². The molecule has 0 radical (unpaired) electrons. The predicted molar refractivity (Wildman–Crippen MR) is 62.5 cm³/mol. The third-order valence-electron chi connectivity index (χ3n) is 2.72. The van der Waals surface area contributed by atoms with E-state index in [0.29, 0.717) is 17.3 Å². The maximum Gasteiger partial charge on any atom is 0.267 e. The Kier molecular flexibility index (Phi) is 2.42. The Balaban J connectivity index is 2.74. The summed E-state index contributed by atoms with van der Waals surface area (Å²) in [7, 11) is 0. The van der Waals surface area contributed by atoms with Crippen LogP contribution in [-0.2, 0) is 0 Å². The zero-order chi connectivity index (χ0) is 11.9. The number of aromatic nitrogens is 2. The molecule has 0 unspecified atom stereocenters. The molecule has 2 N–H and O–H groups in total. The van der Waals surface area contributed by atoms with Crippen molar-refractivity contribution in [2.45, 2.75) is 26.7 Å². The van der Waals surface area contributed by atoms with E-state index in [1.54, 1.807) is 11.3 Å². The number of fused-ring (bicyclic) bond motifs is 1. The van der Waals surface area contributed by atoms with Gasteiger partial charge in [0.1, 0.15) is 11.3 Å². The molecule has 2 aromatic rings. The molecule has 0 saturated carbocycles. The highest BCUT2D eigenvalue weighted by Crippen LogP contribution is 2.18. The number of carbonyl (C=O) groups is 1. The Morgan fingerprint density at radius 1 is 1.44 bits per heavy atom. The molecule has 16 heavy (non-hydrogen) atoms. The second kappa shape index (κ2) is 3.63. The number of carbonyl (C=O) groups excluding carboxylic acids is 1. The Morgan fingerprint density at radius 3 is 2.69 bits per heavy atom. The smallest absolute Gasteiger partial charge is 0.267 e. The van der Waals surface area contributed by atoms with Gasteiger partial charge in [-0.25, -0.2) is 4.98 Å². The van der Waals surface area contributed by atoms with Crippen molar-refractivity contribution in [3.63, 3.8) is 0 Å². The van der Waals surface area contributed by atoms with Crippen LogP contribution in [0.5, 0.6) is 0 Å². The molecule has 2 aromatic heterocycles. The van der Waals surface area contributed by atoms with Crippen molar-refractivity contribution in [3.05, 3.63) is 35.3 Å². The van der Waals surface area contributed by atoms with Crippen molar-refractivity contribution in [1.82, 2.24) is 9.38 Å².